The minimum absolute atomic E-state index is 0.120. The second-order valence-corrected chi connectivity index (χ2v) is 4.12. The number of nitrogens with zero attached hydrogens (tertiary/aromatic N) is 1. The lowest BCUT2D eigenvalue weighted by Crippen LogP contribution is -2.26. The number of rotatable bonds is 5. The predicted octanol–water partition coefficient (Wildman–Crippen LogP) is 3.08. The monoisotopic (exact) mass is 208 g/mol. The highest BCUT2D eigenvalue weighted by Gasteiger charge is 2.16. The van der Waals surface area contributed by atoms with Crippen LogP contribution in [0.3, 0.4) is 0 Å². The van der Waals surface area contributed by atoms with Gasteiger partial charge in [0.15, 0.2) is 0 Å². The molecule has 1 aromatic rings. The number of nitrogens with one attached hydrogen (secondary N) is 1. The average Bonchev–Trinajstić information content (AvgIpc) is 2.18. The van der Waals surface area contributed by atoms with Crippen molar-refractivity contribution in [3.8, 4) is 5.75 Å². The molecule has 0 aliphatic heterocycles. The van der Waals surface area contributed by atoms with Crippen LogP contribution in [0.5, 0.6) is 5.75 Å². The molecule has 0 aliphatic rings. The van der Waals surface area contributed by atoms with Gasteiger partial charge >= 0.3 is 0 Å². The molecule has 15 heavy (non-hydrogen) atoms. The van der Waals surface area contributed by atoms with Gasteiger partial charge in [-0.05, 0) is 33.3 Å². The van der Waals surface area contributed by atoms with E-state index in [-0.39, 0.29) is 5.60 Å². The first-order valence-corrected chi connectivity index (χ1v) is 5.46. The second-order valence-electron chi connectivity index (χ2n) is 4.12. The molecule has 0 amide bonds. The predicted molar refractivity (Wildman–Crippen MR) is 63.4 cm³/mol. The Kier molecular flexibility index (Phi) is 3.95. The molecule has 0 aliphatic carbocycles. The average molecular weight is 208 g/mol. The zero-order valence-corrected chi connectivity index (χ0v) is 10.0. The Bertz CT molecular complexity index is 310. The summed E-state index contributed by atoms with van der Waals surface area (Å²) >= 11 is 0. The van der Waals surface area contributed by atoms with Crippen molar-refractivity contribution in [3.63, 3.8) is 0 Å². The van der Waals surface area contributed by atoms with E-state index in [1.165, 1.54) is 0 Å². The van der Waals surface area contributed by atoms with E-state index in [1.807, 2.05) is 19.1 Å². The number of hydrogen-bond donors (Lipinski definition) is 1. The number of ether oxygens (including phenoxy) is 1. The summed E-state index contributed by atoms with van der Waals surface area (Å²) in [6, 6.07) is 3.82. The summed E-state index contributed by atoms with van der Waals surface area (Å²) in [4.78, 5) is 4.19. The van der Waals surface area contributed by atoms with E-state index < -0.39 is 0 Å². The van der Waals surface area contributed by atoms with Gasteiger partial charge in [0.1, 0.15) is 17.2 Å². The Hall–Kier alpha value is -1.25. The quantitative estimate of drug-likeness (QED) is 0.807. The molecule has 0 bridgehead atoms. The molecule has 3 heteroatoms. The topological polar surface area (TPSA) is 34.1 Å². The molecule has 0 unspecified atom stereocenters. The number of aromatic nitrogens is 1. The Morgan fingerprint density at radius 3 is 2.73 bits per heavy atom. The van der Waals surface area contributed by atoms with Crippen molar-refractivity contribution in [2.45, 2.75) is 39.7 Å². The number of hydrogen-bond acceptors (Lipinski definition) is 3. The van der Waals surface area contributed by atoms with Crippen LogP contribution < -0.4 is 10.1 Å². The van der Waals surface area contributed by atoms with Crippen LogP contribution in [0.4, 0.5) is 5.82 Å². The van der Waals surface area contributed by atoms with Crippen LogP contribution >= 0.6 is 0 Å². The van der Waals surface area contributed by atoms with Crippen LogP contribution in [0, 0.1) is 0 Å². The molecule has 0 spiro atoms. The third kappa shape index (κ3) is 3.78. The van der Waals surface area contributed by atoms with E-state index in [2.05, 4.69) is 31.1 Å². The van der Waals surface area contributed by atoms with Crippen molar-refractivity contribution in [2.75, 3.05) is 11.9 Å². The molecule has 0 atom stereocenters. The molecular formula is C12H20N2O. The van der Waals surface area contributed by atoms with Gasteiger partial charge in [0, 0.05) is 18.8 Å². The normalized spacial score (nSPS) is 11.2. The summed E-state index contributed by atoms with van der Waals surface area (Å²) in [5.41, 5.74) is -0.120. The number of anilines is 1. The zero-order chi connectivity index (χ0) is 11.3. The lowest BCUT2D eigenvalue weighted by atomic mass is 10.1. The first-order valence-electron chi connectivity index (χ1n) is 5.46. The Morgan fingerprint density at radius 1 is 1.40 bits per heavy atom. The highest BCUT2D eigenvalue weighted by Crippen LogP contribution is 2.22. The lowest BCUT2D eigenvalue weighted by molar-refractivity contribution is 0.105. The third-order valence-electron chi connectivity index (χ3n) is 2.33. The van der Waals surface area contributed by atoms with Gasteiger partial charge in [-0.15, -0.1) is 0 Å². The molecule has 0 aromatic carbocycles. The van der Waals surface area contributed by atoms with Crippen molar-refractivity contribution in [2.24, 2.45) is 0 Å². The van der Waals surface area contributed by atoms with Gasteiger partial charge in [0.2, 0.25) is 0 Å². The minimum atomic E-state index is -0.120. The third-order valence-corrected chi connectivity index (χ3v) is 2.33. The van der Waals surface area contributed by atoms with Gasteiger partial charge in [-0.25, -0.2) is 4.98 Å². The van der Waals surface area contributed by atoms with Gasteiger partial charge < -0.3 is 10.1 Å². The van der Waals surface area contributed by atoms with E-state index in [9.17, 15) is 0 Å². The van der Waals surface area contributed by atoms with Crippen molar-refractivity contribution >= 4 is 5.82 Å². The standard InChI is InChI=1S/C12H20N2O/c1-5-12(3,4)15-10-7-8-14-11(9-10)13-6-2/h7-9H,5-6H2,1-4H3,(H,13,14). The molecule has 0 radical (unpaired) electrons. The highest BCUT2D eigenvalue weighted by molar-refractivity contribution is 5.40. The SMILES string of the molecule is CCNc1cc(OC(C)(C)CC)ccn1. The molecule has 0 saturated heterocycles. The van der Waals surface area contributed by atoms with Crippen LogP contribution in [0.1, 0.15) is 34.1 Å². The van der Waals surface area contributed by atoms with Crippen LogP contribution in [-0.4, -0.2) is 17.1 Å². The van der Waals surface area contributed by atoms with Crippen LogP contribution in [0.2, 0.25) is 0 Å². The maximum Gasteiger partial charge on any atom is 0.129 e. The zero-order valence-electron chi connectivity index (χ0n) is 10.0. The van der Waals surface area contributed by atoms with E-state index >= 15 is 0 Å². The fraction of sp³-hybridized carbons (Fsp3) is 0.583. The van der Waals surface area contributed by atoms with Crippen molar-refractivity contribution in [3.05, 3.63) is 18.3 Å². The molecular weight excluding hydrogens is 188 g/mol. The van der Waals surface area contributed by atoms with Gasteiger partial charge in [-0.3, -0.25) is 0 Å². The van der Waals surface area contributed by atoms with Gasteiger partial charge in [0.25, 0.3) is 0 Å². The smallest absolute Gasteiger partial charge is 0.129 e. The molecule has 1 aromatic heterocycles. The van der Waals surface area contributed by atoms with E-state index in [0.29, 0.717) is 0 Å². The van der Waals surface area contributed by atoms with Crippen LogP contribution in [-0.2, 0) is 0 Å². The maximum absolute atomic E-state index is 5.86. The summed E-state index contributed by atoms with van der Waals surface area (Å²) in [5.74, 6) is 1.73. The fourth-order valence-electron chi connectivity index (χ4n) is 1.14. The summed E-state index contributed by atoms with van der Waals surface area (Å²) in [6.45, 7) is 9.20. The lowest BCUT2D eigenvalue weighted by Gasteiger charge is -2.24. The van der Waals surface area contributed by atoms with Gasteiger partial charge in [0.05, 0.1) is 0 Å². The summed E-state index contributed by atoms with van der Waals surface area (Å²) in [6.07, 6.45) is 2.74. The molecule has 1 rings (SSSR count). The van der Waals surface area contributed by atoms with Crippen molar-refractivity contribution in [1.82, 2.24) is 4.98 Å². The summed E-state index contributed by atoms with van der Waals surface area (Å²) in [7, 11) is 0. The molecule has 1 heterocycles. The van der Waals surface area contributed by atoms with E-state index in [0.717, 1.165) is 24.5 Å². The van der Waals surface area contributed by atoms with Gasteiger partial charge in [-0.2, -0.15) is 0 Å². The summed E-state index contributed by atoms with van der Waals surface area (Å²) in [5, 5.41) is 3.16. The second kappa shape index (κ2) is 5.01. The van der Waals surface area contributed by atoms with E-state index in [1.54, 1.807) is 6.20 Å². The Morgan fingerprint density at radius 2 is 2.13 bits per heavy atom. The van der Waals surface area contributed by atoms with Gasteiger partial charge in [-0.1, -0.05) is 6.92 Å². The first-order chi connectivity index (χ1) is 7.07. The number of pyridine rings is 1. The summed E-state index contributed by atoms with van der Waals surface area (Å²) < 4.78 is 5.86. The fourth-order valence-corrected chi connectivity index (χ4v) is 1.14. The van der Waals surface area contributed by atoms with Crippen molar-refractivity contribution < 1.29 is 4.74 Å². The Balaban J connectivity index is 2.73. The van der Waals surface area contributed by atoms with Crippen molar-refractivity contribution in [1.29, 1.82) is 0 Å². The van der Waals surface area contributed by atoms with Crippen LogP contribution in [0.25, 0.3) is 0 Å². The van der Waals surface area contributed by atoms with E-state index in [4.69, 9.17) is 4.74 Å². The highest BCUT2D eigenvalue weighted by atomic mass is 16.5. The maximum atomic E-state index is 5.86. The molecule has 84 valence electrons. The molecule has 1 N–H and O–H groups in total. The first kappa shape index (κ1) is 11.8. The Labute approximate surface area is 91.9 Å². The largest absolute Gasteiger partial charge is 0.488 e. The van der Waals surface area contributed by atoms with Crippen LogP contribution in [0.15, 0.2) is 18.3 Å². The molecule has 0 fully saturated rings. The minimum Gasteiger partial charge on any atom is -0.488 e. The molecule has 3 nitrogen and oxygen atoms in total. The molecule has 0 saturated carbocycles.